The minimum absolute atomic E-state index is 0.395. The Kier molecular flexibility index (Phi) is 12.3. The highest BCUT2D eigenvalue weighted by molar-refractivity contribution is 5.90. The Bertz CT molecular complexity index is 716. The third-order valence-electron chi connectivity index (χ3n) is 6.34. The summed E-state index contributed by atoms with van der Waals surface area (Å²) in [5.74, 6) is -1.09. The molecule has 0 saturated heterocycles. The first-order valence-corrected chi connectivity index (χ1v) is 12.4. The van der Waals surface area contributed by atoms with Crippen LogP contribution in [0.25, 0.3) is 10.8 Å². The molecular formula is C28H42O2. The van der Waals surface area contributed by atoms with Gasteiger partial charge in [-0.1, -0.05) is 139 Å². The lowest BCUT2D eigenvalue weighted by atomic mass is 9.89. The third kappa shape index (κ3) is 8.90. The Balaban J connectivity index is 1.57. The summed E-state index contributed by atoms with van der Waals surface area (Å²) < 4.78 is 0. The van der Waals surface area contributed by atoms with E-state index in [2.05, 4.69) is 19.1 Å². The van der Waals surface area contributed by atoms with E-state index >= 15 is 0 Å². The van der Waals surface area contributed by atoms with Crippen LogP contribution < -0.4 is 0 Å². The van der Waals surface area contributed by atoms with Crippen LogP contribution in [0, 0.1) is 0 Å². The number of aliphatic carboxylic acids is 1. The molecule has 0 aliphatic carbocycles. The molecule has 2 aromatic rings. The summed E-state index contributed by atoms with van der Waals surface area (Å²) in [5, 5.41) is 12.0. The molecule has 0 fully saturated rings. The summed E-state index contributed by atoms with van der Waals surface area (Å²) in [4.78, 5) is 11.9. The molecule has 1 N–H and O–H groups in total. The van der Waals surface area contributed by atoms with Gasteiger partial charge in [-0.05, 0) is 22.8 Å². The molecule has 0 saturated carbocycles. The molecule has 0 amide bonds. The molecule has 0 radical (unpaired) electrons. The van der Waals surface area contributed by atoms with Crippen molar-refractivity contribution in [1.29, 1.82) is 0 Å². The molecule has 0 bridgehead atoms. The van der Waals surface area contributed by atoms with Crippen LogP contribution in [0.1, 0.15) is 115 Å². The summed E-state index contributed by atoms with van der Waals surface area (Å²) >= 11 is 0. The van der Waals surface area contributed by atoms with E-state index in [0.29, 0.717) is 0 Å². The van der Waals surface area contributed by atoms with E-state index in [1.54, 1.807) is 0 Å². The van der Waals surface area contributed by atoms with Gasteiger partial charge in [-0.15, -0.1) is 0 Å². The van der Waals surface area contributed by atoms with Crippen molar-refractivity contribution in [1.82, 2.24) is 0 Å². The highest BCUT2D eigenvalue weighted by Crippen LogP contribution is 2.30. The molecule has 166 valence electrons. The van der Waals surface area contributed by atoms with E-state index in [-0.39, 0.29) is 0 Å². The summed E-state index contributed by atoms with van der Waals surface area (Å²) in [5.41, 5.74) is 0.968. The van der Waals surface area contributed by atoms with Gasteiger partial charge >= 0.3 is 5.97 Å². The number of hydrogen-bond donors (Lipinski definition) is 1. The Hall–Kier alpha value is -1.83. The maximum absolute atomic E-state index is 11.9. The van der Waals surface area contributed by atoms with E-state index in [0.717, 1.165) is 35.6 Å². The van der Waals surface area contributed by atoms with Gasteiger partial charge in [0.1, 0.15) is 0 Å². The fourth-order valence-electron chi connectivity index (χ4n) is 4.51. The zero-order valence-electron chi connectivity index (χ0n) is 19.1. The van der Waals surface area contributed by atoms with E-state index in [9.17, 15) is 9.90 Å². The van der Waals surface area contributed by atoms with Crippen LogP contribution in [-0.4, -0.2) is 11.1 Å². The molecule has 0 heterocycles. The number of carboxylic acids is 1. The van der Waals surface area contributed by atoms with Gasteiger partial charge in [0.05, 0.1) is 5.92 Å². The predicted molar refractivity (Wildman–Crippen MR) is 129 cm³/mol. The monoisotopic (exact) mass is 410 g/mol. The Morgan fingerprint density at radius 1 is 0.700 bits per heavy atom. The Morgan fingerprint density at radius 2 is 1.20 bits per heavy atom. The average molecular weight is 411 g/mol. The van der Waals surface area contributed by atoms with Crippen molar-refractivity contribution in [3.8, 4) is 0 Å². The standard InChI is InChI=1S/C28H42O2/c1-2-3-4-5-6-7-8-9-10-11-12-13-14-15-22-27(28(29)30)26-23-18-20-24-19-16-17-21-25(24)26/h16-21,23,27H,2-15,22H2,1H3,(H,29,30). The SMILES string of the molecule is CCCCCCCCCCCCCCCCC(C(=O)O)c1cccc2ccccc12. The first-order valence-electron chi connectivity index (χ1n) is 12.4. The van der Waals surface area contributed by atoms with Crippen molar-refractivity contribution in [3.63, 3.8) is 0 Å². The first-order chi connectivity index (χ1) is 14.7. The number of carboxylic acid groups (broad SMARTS) is 1. The minimum atomic E-state index is -0.693. The molecule has 2 rings (SSSR count). The van der Waals surface area contributed by atoms with Crippen molar-refractivity contribution in [2.24, 2.45) is 0 Å². The number of fused-ring (bicyclic) bond motifs is 1. The van der Waals surface area contributed by atoms with Crippen molar-refractivity contribution in [2.45, 2.75) is 109 Å². The van der Waals surface area contributed by atoms with Crippen LogP contribution in [0.5, 0.6) is 0 Å². The van der Waals surface area contributed by atoms with E-state index in [1.807, 2.05) is 30.3 Å². The summed E-state index contributed by atoms with van der Waals surface area (Å²) in [6, 6.07) is 14.1. The van der Waals surface area contributed by atoms with Crippen LogP contribution in [0.4, 0.5) is 0 Å². The second kappa shape index (κ2) is 15.0. The number of hydrogen-bond acceptors (Lipinski definition) is 1. The van der Waals surface area contributed by atoms with Gasteiger partial charge in [-0.25, -0.2) is 0 Å². The molecule has 30 heavy (non-hydrogen) atoms. The highest BCUT2D eigenvalue weighted by Gasteiger charge is 2.21. The molecule has 1 atom stereocenters. The average Bonchev–Trinajstić information content (AvgIpc) is 2.76. The van der Waals surface area contributed by atoms with Crippen LogP contribution in [0.2, 0.25) is 0 Å². The van der Waals surface area contributed by atoms with Crippen molar-refractivity contribution in [2.75, 3.05) is 0 Å². The van der Waals surface area contributed by atoms with Gasteiger partial charge in [-0.3, -0.25) is 4.79 Å². The molecule has 2 aromatic carbocycles. The van der Waals surface area contributed by atoms with Gasteiger partial charge in [0, 0.05) is 0 Å². The normalized spacial score (nSPS) is 12.3. The molecule has 1 unspecified atom stereocenters. The summed E-state index contributed by atoms with van der Waals surface area (Å²) in [6.07, 6.45) is 19.3. The topological polar surface area (TPSA) is 37.3 Å². The number of rotatable bonds is 17. The summed E-state index contributed by atoms with van der Waals surface area (Å²) in [7, 11) is 0. The van der Waals surface area contributed by atoms with Crippen molar-refractivity contribution in [3.05, 3.63) is 48.0 Å². The van der Waals surface area contributed by atoms with Crippen molar-refractivity contribution >= 4 is 16.7 Å². The smallest absolute Gasteiger partial charge is 0.310 e. The zero-order valence-corrected chi connectivity index (χ0v) is 19.1. The van der Waals surface area contributed by atoms with Crippen LogP contribution in [-0.2, 0) is 4.79 Å². The zero-order chi connectivity index (χ0) is 21.4. The van der Waals surface area contributed by atoms with E-state index in [1.165, 1.54) is 77.0 Å². The van der Waals surface area contributed by atoms with Gasteiger partial charge < -0.3 is 5.11 Å². The largest absolute Gasteiger partial charge is 0.481 e. The molecule has 2 nitrogen and oxygen atoms in total. The van der Waals surface area contributed by atoms with Crippen LogP contribution in [0.15, 0.2) is 42.5 Å². The van der Waals surface area contributed by atoms with Gasteiger partial charge in [-0.2, -0.15) is 0 Å². The van der Waals surface area contributed by atoms with Gasteiger partial charge in [0.15, 0.2) is 0 Å². The maximum atomic E-state index is 11.9. The number of carbonyl (C=O) groups is 1. The Labute approximate surface area is 184 Å². The second-order valence-electron chi connectivity index (χ2n) is 8.84. The molecule has 0 aromatic heterocycles. The lowest BCUT2D eigenvalue weighted by Crippen LogP contribution is -2.12. The lowest BCUT2D eigenvalue weighted by molar-refractivity contribution is -0.139. The molecular weight excluding hydrogens is 368 g/mol. The van der Waals surface area contributed by atoms with Gasteiger partial charge in [0.2, 0.25) is 0 Å². The molecule has 0 spiro atoms. The van der Waals surface area contributed by atoms with Crippen molar-refractivity contribution < 1.29 is 9.90 Å². The number of benzene rings is 2. The third-order valence-corrected chi connectivity index (χ3v) is 6.34. The lowest BCUT2D eigenvalue weighted by Gasteiger charge is -2.15. The van der Waals surface area contributed by atoms with Crippen LogP contribution >= 0.6 is 0 Å². The summed E-state index contributed by atoms with van der Waals surface area (Å²) in [6.45, 7) is 2.27. The van der Waals surface area contributed by atoms with Gasteiger partial charge in [0.25, 0.3) is 0 Å². The molecule has 0 aliphatic rings. The Morgan fingerprint density at radius 3 is 1.77 bits per heavy atom. The highest BCUT2D eigenvalue weighted by atomic mass is 16.4. The van der Waals surface area contributed by atoms with Crippen LogP contribution in [0.3, 0.4) is 0 Å². The fraction of sp³-hybridized carbons (Fsp3) is 0.607. The fourth-order valence-corrected chi connectivity index (χ4v) is 4.51. The molecule has 2 heteroatoms. The number of unbranched alkanes of at least 4 members (excludes halogenated alkanes) is 13. The molecule has 0 aliphatic heterocycles. The quantitative estimate of drug-likeness (QED) is 0.264. The minimum Gasteiger partial charge on any atom is -0.481 e. The second-order valence-corrected chi connectivity index (χ2v) is 8.84. The maximum Gasteiger partial charge on any atom is 0.310 e. The predicted octanol–water partition coefficient (Wildman–Crippen LogP) is 8.88. The van der Waals surface area contributed by atoms with E-state index < -0.39 is 11.9 Å². The first kappa shape index (κ1) is 24.4. The van der Waals surface area contributed by atoms with E-state index in [4.69, 9.17) is 0 Å².